The Morgan fingerprint density at radius 2 is 1.53 bits per heavy atom. The highest BCUT2D eigenvalue weighted by atomic mass is 28.4. The van der Waals surface area contributed by atoms with Crippen LogP contribution in [0.4, 0.5) is 0 Å². The van der Waals surface area contributed by atoms with Crippen LogP contribution in [-0.4, -0.2) is 56.3 Å². The summed E-state index contributed by atoms with van der Waals surface area (Å²) >= 11 is 0. The van der Waals surface area contributed by atoms with E-state index < -0.39 is 14.4 Å². The van der Waals surface area contributed by atoms with E-state index in [9.17, 15) is 9.90 Å². The van der Waals surface area contributed by atoms with E-state index in [1.807, 2.05) is 31.2 Å². The van der Waals surface area contributed by atoms with Gasteiger partial charge in [0, 0.05) is 24.4 Å². The van der Waals surface area contributed by atoms with Gasteiger partial charge in [0.2, 0.25) is 0 Å². The first-order valence-corrected chi connectivity index (χ1v) is 15.1. The van der Waals surface area contributed by atoms with Crippen molar-refractivity contribution in [2.75, 3.05) is 13.7 Å². The Morgan fingerprint density at radius 1 is 0.944 bits per heavy atom. The molecule has 3 N–H and O–H groups in total. The van der Waals surface area contributed by atoms with Gasteiger partial charge in [0.25, 0.3) is 14.2 Å². The number of rotatable bonds is 13. The van der Waals surface area contributed by atoms with Crippen LogP contribution in [0.5, 0.6) is 11.5 Å². The zero-order chi connectivity index (χ0) is 27.2. The Bertz CT molecular complexity index is 964. The average molecular weight is 519 g/mol. The number of benzene rings is 1. The van der Waals surface area contributed by atoms with Crippen molar-refractivity contribution in [1.29, 1.82) is 0 Å². The van der Waals surface area contributed by atoms with Gasteiger partial charge < -0.3 is 29.3 Å². The molecule has 8 heteroatoms. The lowest BCUT2D eigenvalue weighted by Crippen LogP contribution is -2.50. The minimum absolute atomic E-state index is 0.132. The molecule has 1 aromatic heterocycles. The maximum atomic E-state index is 12.7. The minimum atomic E-state index is -2.19. The van der Waals surface area contributed by atoms with Crippen molar-refractivity contribution in [3.8, 4) is 22.8 Å². The number of H-pyrrole nitrogens is 1. The molecule has 36 heavy (non-hydrogen) atoms. The molecule has 2 aromatic rings. The second kappa shape index (κ2) is 12.8. The van der Waals surface area contributed by atoms with E-state index in [0.717, 1.165) is 17.0 Å². The third kappa shape index (κ3) is 7.14. The fourth-order valence-electron chi connectivity index (χ4n) is 5.01. The molecule has 0 saturated heterocycles. The molecule has 2 rings (SSSR count). The number of hydrogen-bond acceptors (Lipinski definition) is 5. The molecule has 1 heterocycles. The highest BCUT2D eigenvalue weighted by Crippen LogP contribution is 2.44. The summed E-state index contributed by atoms with van der Waals surface area (Å²) in [6, 6.07) is 9.20. The van der Waals surface area contributed by atoms with E-state index in [-0.39, 0.29) is 18.1 Å². The third-order valence-corrected chi connectivity index (χ3v) is 12.9. The number of aliphatic hydroxyl groups excluding tert-OH is 1. The van der Waals surface area contributed by atoms with Crippen molar-refractivity contribution in [3.63, 3.8) is 0 Å². The van der Waals surface area contributed by atoms with Crippen LogP contribution in [0.15, 0.2) is 30.3 Å². The second-order valence-corrected chi connectivity index (χ2v) is 16.2. The normalized spacial score (nSPS) is 14.7. The van der Waals surface area contributed by atoms with Crippen molar-refractivity contribution in [2.24, 2.45) is 0 Å². The number of hydrogen-bond donors (Lipinski definition) is 3. The van der Waals surface area contributed by atoms with E-state index in [4.69, 9.17) is 13.9 Å². The fourth-order valence-corrected chi connectivity index (χ4v) is 10.2. The summed E-state index contributed by atoms with van der Waals surface area (Å²) < 4.78 is 18.4. The van der Waals surface area contributed by atoms with Gasteiger partial charge in [-0.2, -0.15) is 0 Å². The van der Waals surface area contributed by atoms with Gasteiger partial charge in [0.05, 0.1) is 18.8 Å². The van der Waals surface area contributed by atoms with Crippen LogP contribution in [0, 0.1) is 0 Å². The minimum Gasteiger partial charge on any atom is -0.543 e. The van der Waals surface area contributed by atoms with Gasteiger partial charge in [0.1, 0.15) is 23.3 Å². The van der Waals surface area contributed by atoms with Crippen LogP contribution in [-0.2, 0) is 4.74 Å². The van der Waals surface area contributed by atoms with Gasteiger partial charge in [-0.3, -0.25) is 4.79 Å². The predicted octanol–water partition coefficient (Wildman–Crippen LogP) is 6.15. The van der Waals surface area contributed by atoms with Crippen LogP contribution >= 0.6 is 0 Å². The van der Waals surface area contributed by atoms with Crippen LogP contribution in [0.25, 0.3) is 11.3 Å². The maximum Gasteiger partial charge on any atom is 0.268 e. The number of nitrogens with one attached hydrogen (secondary N) is 2. The Labute approximate surface area is 218 Å². The first kappa shape index (κ1) is 29.9. The number of methoxy groups -OCH3 is 1. The molecular formula is C28H46N2O5Si. The molecule has 202 valence electrons. The molecule has 1 amide bonds. The Balaban J connectivity index is 2.50. The summed E-state index contributed by atoms with van der Waals surface area (Å²) in [5.41, 5.74) is 3.35. The number of aromatic nitrogens is 1. The Morgan fingerprint density at radius 3 is 2.06 bits per heavy atom. The lowest BCUT2D eigenvalue weighted by atomic mass is 10.1. The summed E-state index contributed by atoms with van der Waals surface area (Å²) in [5.74, 6) is 1.20. The molecule has 0 unspecified atom stereocenters. The van der Waals surface area contributed by atoms with E-state index in [1.54, 1.807) is 27.0 Å². The van der Waals surface area contributed by atoms with Gasteiger partial charge in [-0.15, -0.1) is 0 Å². The number of amides is 1. The second-order valence-electron chi connectivity index (χ2n) is 10.8. The first-order valence-electron chi connectivity index (χ1n) is 13.0. The monoisotopic (exact) mass is 518 g/mol. The van der Waals surface area contributed by atoms with Crippen LogP contribution in [0.3, 0.4) is 0 Å². The molecule has 0 aliphatic heterocycles. The number of ether oxygens (including phenoxy) is 2. The van der Waals surface area contributed by atoms with Crippen molar-refractivity contribution in [2.45, 2.75) is 97.2 Å². The number of aliphatic hydroxyl groups is 1. The molecule has 0 spiro atoms. The highest BCUT2D eigenvalue weighted by molar-refractivity contribution is 6.78. The average Bonchev–Trinajstić information content (AvgIpc) is 3.27. The third-order valence-electron chi connectivity index (χ3n) is 6.94. The molecule has 0 bridgehead atoms. The van der Waals surface area contributed by atoms with E-state index >= 15 is 0 Å². The molecule has 7 nitrogen and oxygen atoms in total. The standard InChI is InChI=1S/C28H46N2O5Si/c1-17(2)36(18(3)4,19(5)6)35-25-14-23(13-24(15-25)34-20(7)16-33-10)26-11-12-27(30-26)28(32)29-21(8)22(9)31/h11-15,17-22,30-31H,16H2,1-10H3,(H,29,32)/t20-,21+,22+/m0/s1. The van der Waals surface area contributed by atoms with Gasteiger partial charge in [-0.25, -0.2) is 0 Å². The summed E-state index contributed by atoms with van der Waals surface area (Å²) in [5, 5.41) is 12.5. The predicted molar refractivity (Wildman–Crippen MR) is 148 cm³/mol. The van der Waals surface area contributed by atoms with Crippen LogP contribution < -0.4 is 14.5 Å². The van der Waals surface area contributed by atoms with Gasteiger partial charge in [-0.05, 0) is 61.7 Å². The zero-order valence-corrected chi connectivity index (χ0v) is 24.6. The SMILES string of the molecule is COC[C@H](C)Oc1cc(O[Si](C(C)C)(C(C)C)C(C)C)cc(-c2ccc(C(=O)N[C@H](C)[C@@H](C)O)[nH]2)c1. The number of aromatic amines is 1. The number of carbonyl (C=O) groups is 1. The lowest BCUT2D eigenvalue weighted by molar-refractivity contribution is 0.0869. The van der Waals surface area contributed by atoms with E-state index in [0.29, 0.717) is 34.7 Å². The van der Waals surface area contributed by atoms with Gasteiger partial charge in [-0.1, -0.05) is 41.5 Å². The molecule has 0 fully saturated rings. The molecule has 3 atom stereocenters. The topological polar surface area (TPSA) is 92.8 Å². The summed E-state index contributed by atoms with van der Waals surface area (Å²) in [7, 11) is -0.535. The molecule has 0 saturated carbocycles. The first-order chi connectivity index (χ1) is 16.8. The molecule has 0 radical (unpaired) electrons. The Hall–Kier alpha value is -2.29. The maximum absolute atomic E-state index is 12.7. The quantitative estimate of drug-likeness (QED) is 0.277. The van der Waals surface area contributed by atoms with Crippen molar-refractivity contribution in [1.82, 2.24) is 10.3 Å². The van der Waals surface area contributed by atoms with Gasteiger partial charge in [0.15, 0.2) is 0 Å². The largest absolute Gasteiger partial charge is 0.543 e. The number of carbonyl (C=O) groups excluding carboxylic acids is 1. The van der Waals surface area contributed by atoms with Gasteiger partial charge >= 0.3 is 0 Å². The van der Waals surface area contributed by atoms with E-state index in [1.165, 1.54) is 0 Å². The molecule has 0 aliphatic carbocycles. The smallest absolute Gasteiger partial charge is 0.268 e. The lowest BCUT2D eigenvalue weighted by Gasteiger charge is -2.42. The summed E-state index contributed by atoms with van der Waals surface area (Å²) in [6.45, 7) is 19.4. The highest BCUT2D eigenvalue weighted by Gasteiger charge is 2.47. The summed E-state index contributed by atoms with van der Waals surface area (Å²) in [6.07, 6.45) is -0.773. The van der Waals surface area contributed by atoms with E-state index in [2.05, 4.69) is 51.8 Å². The molecule has 0 aliphatic rings. The Kier molecular flexibility index (Phi) is 10.6. The summed E-state index contributed by atoms with van der Waals surface area (Å²) in [4.78, 5) is 15.9. The van der Waals surface area contributed by atoms with Crippen LogP contribution in [0.1, 0.15) is 72.8 Å². The van der Waals surface area contributed by atoms with Crippen molar-refractivity contribution in [3.05, 3.63) is 36.0 Å². The van der Waals surface area contributed by atoms with Crippen molar-refractivity contribution >= 4 is 14.2 Å². The fraction of sp³-hybridized carbons (Fsp3) is 0.607. The zero-order valence-electron chi connectivity index (χ0n) is 23.6. The molecule has 1 aromatic carbocycles. The van der Waals surface area contributed by atoms with Crippen molar-refractivity contribution < 1.29 is 23.8 Å². The van der Waals surface area contributed by atoms with Crippen LogP contribution in [0.2, 0.25) is 16.6 Å². The molecular weight excluding hydrogens is 472 g/mol.